The number of aliphatic imine (C=N–C) groups is 1. The smallest absolute Gasteiger partial charge is 0.172 e. The Morgan fingerprint density at radius 2 is 1.76 bits per heavy atom. The predicted molar refractivity (Wildman–Crippen MR) is 104 cm³/mol. The van der Waals surface area contributed by atoms with Crippen LogP contribution in [0.15, 0.2) is 83.0 Å². The molecule has 0 fully saturated rings. The minimum atomic E-state index is 0.525. The average Bonchev–Trinajstić information content (AvgIpc) is 2.64. The van der Waals surface area contributed by atoms with Gasteiger partial charge in [0.2, 0.25) is 0 Å². The molecule has 3 rings (SSSR count). The molecule has 0 saturated heterocycles. The summed E-state index contributed by atoms with van der Waals surface area (Å²) in [5, 5.41) is 5.34. The molecule has 1 aromatic heterocycles. The maximum atomic E-state index is 6.15. The highest BCUT2D eigenvalue weighted by molar-refractivity contribution is 6.36. The number of hydrazone groups is 1. The SMILES string of the molecule is Clc1ccc(C=NNC(=Nc2ccccc2)c2ccccn2)c(Cl)c1. The van der Waals surface area contributed by atoms with Gasteiger partial charge in [-0.25, -0.2) is 4.99 Å². The monoisotopic (exact) mass is 368 g/mol. The van der Waals surface area contributed by atoms with Crippen LogP contribution in [0.1, 0.15) is 11.3 Å². The van der Waals surface area contributed by atoms with Crippen LogP contribution in [-0.2, 0) is 0 Å². The minimum absolute atomic E-state index is 0.525. The number of pyridine rings is 1. The molecule has 4 nitrogen and oxygen atoms in total. The fourth-order valence-electron chi connectivity index (χ4n) is 2.04. The van der Waals surface area contributed by atoms with Crippen LogP contribution >= 0.6 is 23.2 Å². The van der Waals surface area contributed by atoms with Gasteiger partial charge in [0.25, 0.3) is 0 Å². The van der Waals surface area contributed by atoms with Gasteiger partial charge in [-0.05, 0) is 36.4 Å². The van der Waals surface area contributed by atoms with Crippen LogP contribution in [-0.4, -0.2) is 17.0 Å². The molecule has 0 bridgehead atoms. The lowest BCUT2D eigenvalue weighted by Crippen LogP contribution is -2.20. The highest BCUT2D eigenvalue weighted by Crippen LogP contribution is 2.19. The van der Waals surface area contributed by atoms with Crippen LogP contribution in [0, 0.1) is 0 Å². The first kappa shape index (κ1) is 17.1. The van der Waals surface area contributed by atoms with E-state index in [1.165, 1.54) is 0 Å². The van der Waals surface area contributed by atoms with Gasteiger partial charge < -0.3 is 0 Å². The number of rotatable bonds is 4. The lowest BCUT2D eigenvalue weighted by molar-refractivity contribution is 1.02. The standard InChI is InChI=1S/C19H14Cl2N4/c20-15-10-9-14(17(21)12-15)13-23-25-19(18-8-4-5-11-22-18)24-16-6-2-1-3-7-16/h1-13H,(H,24,25). The maximum absolute atomic E-state index is 6.15. The van der Waals surface area contributed by atoms with Crippen molar-refractivity contribution in [3.8, 4) is 0 Å². The van der Waals surface area contributed by atoms with E-state index in [0.717, 1.165) is 11.3 Å². The summed E-state index contributed by atoms with van der Waals surface area (Å²) in [6.45, 7) is 0. The normalized spacial score (nSPS) is 11.7. The molecule has 2 aromatic carbocycles. The Bertz CT molecular complexity index is 894. The molecule has 6 heteroatoms. The third-order valence-corrected chi connectivity index (χ3v) is 3.80. The Morgan fingerprint density at radius 3 is 2.48 bits per heavy atom. The first-order valence-electron chi connectivity index (χ1n) is 7.51. The number of nitrogens with one attached hydrogen (secondary N) is 1. The predicted octanol–water partition coefficient (Wildman–Crippen LogP) is 5.09. The van der Waals surface area contributed by atoms with E-state index in [9.17, 15) is 0 Å². The third kappa shape index (κ3) is 4.89. The number of amidine groups is 1. The van der Waals surface area contributed by atoms with Gasteiger partial charge in [-0.2, -0.15) is 5.10 Å². The molecule has 25 heavy (non-hydrogen) atoms. The number of nitrogens with zero attached hydrogens (tertiary/aromatic N) is 3. The molecule has 0 saturated carbocycles. The highest BCUT2D eigenvalue weighted by atomic mass is 35.5. The van der Waals surface area contributed by atoms with Gasteiger partial charge in [-0.15, -0.1) is 0 Å². The fraction of sp³-hybridized carbons (Fsp3) is 0. The van der Waals surface area contributed by atoms with Crippen LogP contribution in [0.4, 0.5) is 5.69 Å². The van der Waals surface area contributed by atoms with Crippen LogP contribution in [0.25, 0.3) is 0 Å². The molecule has 1 heterocycles. The zero-order chi connectivity index (χ0) is 17.5. The second-order valence-corrected chi connectivity index (χ2v) is 5.89. The molecular weight excluding hydrogens is 355 g/mol. The van der Waals surface area contributed by atoms with E-state index in [4.69, 9.17) is 23.2 Å². The molecule has 1 N–H and O–H groups in total. The topological polar surface area (TPSA) is 49.6 Å². The van der Waals surface area contributed by atoms with Crippen molar-refractivity contribution in [2.24, 2.45) is 10.1 Å². The van der Waals surface area contributed by atoms with Crippen molar-refractivity contribution in [1.29, 1.82) is 0 Å². The van der Waals surface area contributed by atoms with Crippen molar-refractivity contribution in [2.75, 3.05) is 0 Å². The summed E-state index contributed by atoms with van der Waals surface area (Å²) in [6.07, 6.45) is 3.32. The summed E-state index contributed by atoms with van der Waals surface area (Å²) in [6, 6.07) is 20.4. The number of benzene rings is 2. The number of halogens is 2. The zero-order valence-corrected chi connectivity index (χ0v) is 14.6. The van der Waals surface area contributed by atoms with Crippen LogP contribution in [0.5, 0.6) is 0 Å². The van der Waals surface area contributed by atoms with Gasteiger partial charge in [0.05, 0.1) is 16.9 Å². The molecule has 0 aliphatic rings. The van der Waals surface area contributed by atoms with Crippen LogP contribution in [0.2, 0.25) is 10.0 Å². The van der Waals surface area contributed by atoms with Gasteiger partial charge >= 0.3 is 0 Å². The lowest BCUT2D eigenvalue weighted by atomic mass is 10.2. The number of para-hydroxylation sites is 1. The van der Waals surface area contributed by atoms with Gasteiger partial charge in [-0.3, -0.25) is 10.4 Å². The van der Waals surface area contributed by atoms with Crippen molar-refractivity contribution in [1.82, 2.24) is 10.4 Å². The van der Waals surface area contributed by atoms with E-state index < -0.39 is 0 Å². The minimum Gasteiger partial charge on any atom is -0.260 e. The van der Waals surface area contributed by atoms with E-state index in [1.807, 2.05) is 48.5 Å². The summed E-state index contributed by atoms with van der Waals surface area (Å²) in [7, 11) is 0. The van der Waals surface area contributed by atoms with Gasteiger partial charge in [0, 0.05) is 16.8 Å². The molecule has 0 amide bonds. The van der Waals surface area contributed by atoms with Gasteiger partial charge in [-0.1, -0.05) is 53.5 Å². The number of hydrogen-bond acceptors (Lipinski definition) is 3. The first-order valence-corrected chi connectivity index (χ1v) is 8.27. The van der Waals surface area contributed by atoms with Gasteiger partial charge in [0.1, 0.15) is 5.69 Å². The summed E-state index contributed by atoms with van der Waals surface area (Å²) in [5.41, 5.74) is 5.18. The summed E-state index contributed by atoms with van der Waals surface area (Å²) >= 11 is 12.0. The van der Waals surface area contributed by atoms with Crippen molar-refractivity contribution in [3.05, 3.63) is 94.2 Å². The largest absolute Gasteiger partial charge is 0.260 e. The lowest BCUT2D eigenvalue weighted by Gasteiger charge is -2.05. The second-order valence-electron chi connectivity index (χ2n) is 5.05. The van der Waals surface area contributed by atoms with Gasteiger partial charge in [0.15, 0.2) is 5.84 Å². The van der Waals surface area contributed by atoms with Crippen molar-refractivity contribution >= 4 is 40.9 Å². The molecule has 0 radical (unpaired) electrons. The molecule has 0 atom stereocenters. The molecule has 0 unspecified atom stereocenters. The molecule has 3 aromatic rings. The Labute approximate surface area is 155 Å². The fourth-order valence-corrected chi connectivity index (χ4v) is 2.50. The quantitative estimate of drug-likeness (QED) is 0.396. The zero-order valence-electron chi connectivity index (χ0n) is 13.1. The van der Waals surface area contributed by atoms with E-state index in [2.05, 4.69) is 20.5 Å². The number of aromatic nitrogens is 1. The Balaban J connectivity index is 1.85. The molecule has 124 valence electrons. The van der Waals surface area contributed by atoms with E-state index in [1.54, 1.807) is 30.6 Å². The maximum Gasteiger partial charge on any atom is 0.172 e. The van der Waals surface area contributed by atoms with Crippen molar-refractivity contribution in [2.45, 2.75) is 0 Å². The Kier molecular flexibility index (Phi) is 5.77. The molecule has 0 spiro atoms. The molecule has 0 aliphatic heterocycles. The van der Waals surface area contributed by atoms with Crippen molar-refractivity contribution < 1.29 is 0 Å². The highest BCUT2D eigenvalue weighted by Gasteiger charge is 2.04. The van der Waals surface area contributed by atoms with Crippen LogP contribution < -0.4 is 5.43 Å². The third-order valence-electron chi connectivity index (χ3n) is 3.24. The van der Waals surface area contributed by atoms with E-state index in [-0.39, 0.29) is 0 Å². The van der Waals surface area contributed by atoms with Crippen LogP contribution in [0.3, 0.4) is 0 Å². The molecular formula is C19H14Cl2N4. The number of hydrogen-bond donors (Lipinski definition) is 1. The summed E-state index contributed by atoms with van der Waals surface area (Å²) in [5.74, 6) is 0.535. The summed E-state index contributed by atoms with van der Waals surface area (Å²) < 4.78 is 0. The summed E-state index contributed by atoms with van der Waals surface area (Å²) in [4.78, 5) is 8.89. The Hall–Kier alpha value is -2.69. The average molecular weight is 369 g/mol. The van der Waals surface area contributed by atoms with E-state index >= 15 is 0 Å². The molecule has 0 aliphatic carbocycles. The Morgan fingerprint density at radius 1 is 0.960 bits per heavy atom. The van der Waals surface area contributed by atoms with Crippen molar-refractivity contribution in [3.63, 3.8) is 0 Å². The first-order chi connectivity index (χ1) is 12.2. The second kappa shape index (κ2) is 8.42. The van der Waals surface area contributed by atoms with E-state index in [0.29, 0.717) is 21.6 Å².